The van der Waals surface area contributed by atoms with Crippen molar-refractivity contribution in [1.29, 1.82) is 0 Å². The Morgan fingerprint density at radius 1 is 0.974 bits per heavy atom. The molecule has 1 spiro atoms. The second-order valence-electron chi connectivity index (χ2n) is 11.5. The molecule has 2 aromatic rings. The number of amides is 3. The average molecular weight is 548 g/mol. The highest BCUT2D eigenvalue weighted by Gasteiger charge is 2.76. The van der Waals surface area contributed by atoms with E-state index in [1.807, 2.05) is 61.5 Å². The second-order valence-corrected chi connectivity index (χ2v) is 11.9. The molecule has 2 bridgehead atoms. The third-order valence-corrected chi connectivity index (χ3v) is 9.11. The van der Waals surface area contributed by atoms with Crippen LogP contribution in [0.2, 0.25) is 5.02 Å². The number of fused-ring (bicyclic) bond motifs is 1. The van der Waals surface area contributed by atoms with Crippen LogP contribution in [-0.4, -0.2) is 45.9 Å². The highest BCUT2D eigenvalue weighted by atomic mass is 35.5. The van der Waals surface area contributed by atoms with Gasteiger partial charge < -0.3 is 20.3 Å². The standard InChI is InChI=1S/C31H34ClN3O4/c1-30-16-17-31(39-30)25(24(30)27(36)34-23-10-6-3-7-11-23)29(38)35(19-21-12-14-22(32)15-13-21)26(31)28(37)33-18-20-8-4-2-5-9-20/h2,4-5,8-9,12-17,23-26H,3,6-7,10-11,18-19H2,1H3,(H,33,37)(H,34,36)/t24-,25-,26+,30-,31+/m0/s1. The fourth-order valence-electron chi connectivity index (χ4n) is 7.01. The summed E-state index contributed by atoms with van der Waals surface area (Å²) in [6, 6.07) is 16.1. The highest BCUT2D eigenvalue weighted by Crippen LogP contribution is 2.59. The molecule has 1 saturated carbocycles. The van der Waals surface area contributed by atoms with Crippen LogP contribution in [0, 0.1) is 11.8 Å². The van der Waals surface area contributed by atoms with Gasteiger partial charge in [0.05, 0.1) is 17.4 Å². The molecule has 6 rings (SSSR count). The molecule has 39 heavy (non-hydrogen) atoms. The molecule has 3 amide bonds. The fraction of sp³-hybridized carbons (Fsp3) is 0.452. The van der Waals surface area contributed by atoms with Crippen molar-refractivity contribution in [3.8, 4) is 0 Å². The van der Waals surface area contributed by atoms with E-state index in [9.17, 15) is 14.4 Å². The van der Waals surface area contributed by atoms with Gasteiger partial charge in [-0.1, -0.05) is 85.5 Å². The zero-order valence-corrected chi connectivity index (χ0v) is 22.8. The van der Waals surface area contributed by atoms with Gasteiger partial charge in [-0.05, 0) is 43.0 Å². The lowest BCUT2D eigenvalue weighted by molar-refractivity contribution is -0.145. The van der Waals surface area contributed by atoms with Crippen LogP contribution in [0.4, 0.5) is 0 Å². The van der Waals surface area contributed by atoms with Gasteiger partial charge in [0.15, 0.2) is 0 Å². The summed E-state index contributed by atoms with van der Waals surface area (Å²) >= 11 is 6.09. The molecular formula is C31H34ClN3O4. The van der Waals surface area contributed by atoms with E-state index >= 15 is 0 Å². The molecule has 3 aliphatic heterocycles. The molecule has 1 aliphatic carbocycles. The summed E-state index contributed by atoms with van der Waals surface area (Å²) in [5.41, 5.74) is -0.368. The molecule has 3 heterocycles. The Hall–Kier alpha value is -3.16. The summed E-state index contributed by atoms with van der Waals surface area (Å²) in [6.45, 7) is 2.40. The molecule has 2 N–H and O–H groups in total. The number of likely N-dealkylation sites (tertiary alicyclic amines) is 1. The fourth-order valence-corrected chi connectivity index (χ4v) is 7.13. The van der Waals surface area contributed by atoms with Crippen molar-refractivity contribution in [3.05, 3.63) is 82.9 Å². The molecule has 4 aliphatic rings. The average Bonchev–Trinajstić information content (AvgIpc) is 3.50. The van der Waals surface area contributed by atoms with Gasteiger partial charge in [-0.15, -0.1) is 0 Å². The van der Waals surface area contributed by atoms with Gasteiger partial charge in [0.1, 0.15) is 11.6 Å². The van der Waals surface area contributed by atoms with Crippen molar-refractivity contribution in [2.24, 2.45) is 11.8 Å². The van der Waals surface area contributed by atoms with Gasteiger partial charge >= 0.3 is 0 Å². The van der Waals surface area contributed by atoms with Gasteiger partial charge in [0, 0.05) is 24.2 Å². The van der Waals surface area contributed by atoms with Gasteiger partial charge in [-0.3, -0.25) is 14.4 Å². The summed E-state index contributed by atoms with van der Waals surface area (Å²) in [6.07, 6.45) is 9.00. The first-order valence-electron chi connectivity index (χ1n) is 13.9. The van der Waals surface area contributed by atoms with Crippen LogP contribution < -0.4 is 10.6 Å². The maximum atomic E-state index is 14.2. The number of nitrogens with zero attached hydrogens (tertiary/aromatic N) is 1. The van der Waals surface area contributed by atoms with E-state index in [0.717, 1.165) is 36.8 Å². The SMILES string of the molecule is C[C@@]12C=C[C@@]3(O1)[C@H](C(=O)N(Cc1ccc(Cl)cc1)[C@@H]3C(=O)NCc1ccccc1)[C@H]2C(=O)NC1CCCCC1. The van der Waals surface area contributed by atoms with Crippen molar-refractivity contribution in [1.82, 2.24) is 15.5 Å². The number of benzene rings is 2. The number of carbonyl (C=O) groups is 3. The Labute approximate surface area is 233 Å². The van der Waals surface area contributed by atoms with Crippen LogP contribution in [0.5, 0.6) is 0 Å². The Balaban J connectivity index is 1.32. The smallest absolute Gasteiger partial charge is 0.246 e. The van der Waals surface area contributed by atoms with E-state index < -0.39 is 29.1 Å². The van der Waals surface area contributed by atoms with E-state index in [1.54, 1.807) is 17.0 Å². The van der Waals surface area contributed by atoms with Crippen molar-refractivity contribution in [2.45, 2.75) is 75.4 Å². The molecule has 0 aromatic heterocycles. The van der Waals surface area contributed by atoms with Crippen LogP contribution in [0.1, 0.15) is 50.2 Å². The Bertz CT molecular complexity index is 1290. The first-order chi connectivity index (χ1) is 18.8. The molecule has 0 unspecified atom stereocenters. The monoisotopic (exact) mass is 547 g/mol. The summed E-state index contributed by atoms with van der Waals surface area (Å²) in [7, 11) is 0. The minimum absolute atomic E-state index is 0.112. The predicted molar refractivity (Wildman–Crippen MR) is 147 cm³/mol. The molecule has 204 valence electrons. The van der Waals surface area contributed by atoms with E-state index in [4.69, 9.17) is 16.3 Å². The third-order valence-electron chi connectivity index (χ3n) is 8.85. The second kappa shape index (κ2) is 10.1. The van der Waals surface area contributed by atoms with Gasteiger partial charge in [-0.25, -0.2) is 0 Å². The van der Waals surface area contributed by atoms with Crippen molar-refractivity contribution < 1.29 is 19.1 Å². The van der Waals surface area contributed by atoms with E-state index in [1.165, 1.54) is 6.42 Å². The van der Waals surface area contributed by atoms with Crippen LogP contribution in [0.25, 0.3) is 0 Å². The lowest BCUT2D eigenvalue weighted by Crippen LogP contribution is -2.54. The minimum atomic E-state index is -1.21. The zero-order valence-electron chi connectivity index (χ0n) is 22.1. The number of ether oxygens (including phenoxy) is 1. The topological polar surface area (TPSA) is 87.7 Å². The lowest BCUT2D eigenvalue weighted by Gasteiger charge is -2.33. The number of halogens is 1. The van der Waals surface area contributed by atoms with Crippen LogP contribution in [-0.2, 0) is 32.2 Å². The number of hydrogen-bond donors (Lipinski definition) is 2. The van der Waals surface area contributed by atoms with E-state index in [-0.39, 0.29) is 30.3 Å². The van der Waals surface area contributed by atoms with E-state index in [0.29, 0.717) is 11.6 Å². The zero-order chi connectivity index (χ0) is 27.2. The largest absolute Gasteiger partial charge is 0.356 e. The van der Waals surface area contributed by atoms with Crippen LogP contribution >= 0.6 is 11.6 Å². The van der Waals surface area contributed by atoms with Crippen molar-refractivity contribution >= 4 is 29.3 Å². The summed E-state index contributed by atoms with van der Waals surface area (Å²) in [5.74, 6) is -2.19. The highest BCUT2D eigenvalue weighted by molar-refractivity contribution is 6.30. The van der Waals surface area contributed by atoms with Gasteiger partial charge in [-0.2, -0.15) is 0 Å². The maximum Gasteiger partial charge on any atom is 0.246 e. The van der Waals surface area contributed by atoms with Gasteiger partial charge in [0.25, 0.3) is 0 Å². The number of rotatable bonds is 7. The number of carbonyl (C=O) groups excluding carboxylic acids is 3. The predicted octanol–water partition coefficient (Wildman–Crippen LogP) is 4.15. The first kappa shape index (κ1) is 26.1. The molecule has 2 saturated heterocycles. The Morgan fingerprint density at radius 2 is 1.69 bits per heavy atom. The third kappa shape index (κ3) is 4.55. The van der Waals surface area contributed by atoms with E-state index in [2.05, 4.69) is 10.6 Å². The number of nitrogens with one attached hydrogen (secondary N) is 2. The molecule has 0 radical (unpaired) electrons. The maximum absolute atomic E-state index is 14.2. The van der Waals surface area contributed by atoms with Crippen LogP contribution in [0.15, 0.2) is 66.7 Å². The molecule has 2 aromatic carbocycles. The minimum Gasteiger partial charge on any atom is -0.356 e. The normalized spacial score (nSPS) is 31.4. The quantitative estimate of drug-likeness (QED) is 0.510. The Kier molecular flexibility index (Phi) is 6.76. The van der Waals surface area contributed by atoms with Crippen molar-refractivity contribution in [2.75, 3.05) is 0 Å². The lowest BCUT2D eigenvalue weighted by atomic mass is 9.70. The van der Waals surface area contributed by atoms with Gasteiger partial charge in [0.2, 0.25) is 17.7 Å². The summed E-state index contributed by atoms with van der Waals surface area (Å²) in [4.78, 5) is 43.5. The molecule has 7 nitrogen and oxygen atoms in total. The first-order valence-corrected chi connectivity index (χ1v) is 14.3. The molecule has 3 fully saturated rings. The van der Waals surface area contributed by atoms with Crippen LogP contribution in [0.3, 0.4) is 0 Å². The summed E-state index contributed by atoms with van der Waals surface area (Å²) in [5, 5.41) is 6.85. The molecule has 8 heteroatoms. The number of hydrogen-bond acceptors (Lipinski definition) is 4. The molecule has 5 atom stereocenters. The summed E-state index contributed by atoms with van der Waals surface area (Å²) < 4.78 is 6.62. The Morgan fingerprint density at radius 3 is 2.41 bits per heavy atom. The molecular weight excluding hydrogens is 514 g/mol. The van der Waals surface area contributed by atoms with Crippen molar-refractivity contribution in [3.63, 3.8) is 0 Å².